The highest BCUT2D eigenvalue weighted by atomic mass is 32.1. The van der Waals surface area contributed by atoms with Crippen LogP contribution in [-0.2, 0) is 6.54 Å². The first kappa shape index (κ1) is 17.8. The maximum atomic E-state index is 11.4. The molecule has 0 amide bonds. The molecule has 0 saturated heterocycles. The van der Waals surface area contributed by atoms with Crippen molar-refractivity contribution in [3.05, 3.63) is 74.8 Å². The predicted octanol–water partition coefficient (Wildman–Crippen LogP) is 4.84. The van der Waals surface area contributed by atoms with Gasteiger partial charge < -0.3 is 5.32 Å². The van der Waals surface area contributed by atoms with Gasteiger partial charge in [-0.05, 0) is 26.0 Å². The van der Waals surface area contributed by atoms with Crippen LogP contribution in [0.3, 0.4) is 0 Å². The van der Waals surface area contributed by atoms with Gasteiger partial charge in [0.05, 0.1) is 17.2 Å². The second-order valence-electron chi connectivity index (χ2n) is 5.79. The fourth-order valence-electron chi connectivity index (χ4n) is 2.52. The SMILES string of the molecule is CC(=O)c1ccc(NCc2sc(-c3ccccc3)nc2C)c([N+](=O)[O-])c1. The number of anilines is 1. The van der Waals surface area contributed by atoms with Crippen LogP contribution >= 0.6 is 11.3 Å². The highest BCUT2D eigenvalue weighted by Crippen LogP contribution is 2.30. The van der Waals surface area contributed by atoms with Gasteiger partial charge in [0, 0.05) is 22.1 Å². The molecule has 3 aromatic rings. The number of nitro benzene ring substituents is 1. The molecule has 2 aromatic carbocycles. The zero-order valence-corrected chi connectivity index (χ0v) is 15.2. The Labute approximate surface area is 154 Å². The van der Waals surface area contributed by atoms with E-state index in [9.17, 15) is 14.9 Å². The summed E-state index contributed by atoms with van der Waals surface area (Å²) in [5.74, 6) is -0.203. The minimum Gasteiger partial charge on any atom is -0.375 e. The lowest BCUT2D eigenvalue weighted by atomic mass is 10.1. The maximum absolute atomic E-state index is 11.4. The third kappa shape index (κ3) is 3.78. The van der Waals surface area contributed by atoms with E-state index in [-0.39, 0.29) is 11.5 Å². The predicted molar refractivity (Wildman–Crippen MR) is 103 cm³/mol. The van der Waals surface area contributed by atoms with Crippen LogP contribution in [0.4, 0.5) is 11.4 Å². The Morgan fingerprint density at radius 3 is 2.62 bits per heavy atom. The molecule has 6 nitrogen and oxygen atoms in total. The standard InChI is InChI=1S/C19H17N3O3S/c1-12-18(26-19(21-12)14-6-4-3-5-7-14)11-20-16-9-8-15(13(2)23)10-17(16)22(24)25/h3-10,20H,11H2,1-2H3. The number of rotatable bonds is 6. The fraction of sp³-hybridized carbons (Fsp3) is 0.158. The molecule has 1 N–H and O–H groups in total. The fourth-order valence-corrected chi connectivity index (χ4v) is 3.53. The number of carbonyl (C=O) groups is 1. The van der Waals surface area contributed by atoms with Gasteiger partial charge in [0.2, 0.25) is 0 Å². The molecule has 0 aliphatic heterocycles. The lowest BCUT2D eigenvalue weighted by Crippen LogP contribution is -2.04. The Morgan fingerprint density at radius 1 is 1.23 bits per heavy atom. The highest BCUT2D eigenvalue weighted by Gasteiger charge is 2.17. The van der Waals surface area contributed by atoms with E-state index in [1.165, 1.54) is 13.0 Å². The van der Waals surface area contributed by atoms with Gasteiger partial charge in [-0.15, -0.1) is 11.3 Å². The number of nitro groups is 1. The van der Waals surface area contributed by atoms with Crippen molar-refractivity contribution in [2.24, 2.45) is 0 Å². The summed E-state index contributed by atoms with van der Waals surface area (Å²) >= 11 is 1.56. The second kappa shape index (κ2) is 7.45. The third-order valence-corrected chi connectivity index (χ3v) is 5.16. The van der Waals surface area contributed by atoms with Crippen molar-refractivity contribution in [1.82, 2.24) is 4.98 Å². The number of Topliss-reactive ketones (excluding diaryl/α,β-unsaturated/α-hetero) is 1. The normalized spacial score (nSPS) is 10.5. The molecule has 0 aliphatic carbocycles. The molecule has 0 aliphatic rings. The van der Waals surface area contributed by atoms with E-state index < -0.39 is 4.92 Å². The van der Waals surface area contributed by atoms with E-state index in [1.54, 1.807) is 23.5 Å². The number of ketones is 1. The Hall–Kier alpha value is -3.06. The molecule has 0 bridgehead atoms. The Kier molecular flexibility index (Phi) is 5.09. The van der Waals surface area contributed by atoms with Crippen LogP contribution in [0, 0.1) is 17.0 Å². The van der Waals surface area contributed by atoms with E-state index >= 15 is 0 Å². The van der Waals surface area contributed by atoms with E-state index in [4.69, 9.17) is 0 Å². The van der Waals surface area contributed by atoms with Gasteiger partial charge in [-0.1, -0.05) is 30.3 Å². The Morgan fingerprint density at radius 2 is 1.96 bits per heavy atom. The van der Waals surface area contributed by atoms with Crippen molar-refractivity contribution in [2.75, 3.05) is 5.32 Å². The molecule has 0 fully saturated rings. The van der Waals surface area contributed by atoms with Gasteiger partial charge in [-0.3, -0.25) is 14.9 Å². The average molecular weight is 367 g/mol. The first-order valence-electron chi connectivity index (χ1n) is 8.00. The number of thiazole rings is 1. The van der Waals surface area contributed by atoms with E-state index in [0.29, 0.717) is 17.8 Å². The minimum atomic E-state index is -0.482. The lowest BCUT2D eigenvalue weighted by molar-refractivity contribution is -0.384. The summed E-state index contributed by atoms with van der Waals surface area (Å²) in [5.41, 5.74) is 2.54. The van der Waals surface area contributed by atoms with Crippen molar-refractivity contribution >= 4 is 28.5 Å². The molecule has 7 heteroatoms. The molecule has 0 radical (unpaired) electrons. The third-order valence-electron chi connectivity index (χ3n) is 3.95. The number of nitrogens with zero attached hydrogens (tertiary/aromatic N) is 2. The van der Waals surface area contributed by atoms with Gasteiger partial charge in [-0.25, -0.2) is 4.98 Å². The van der Waals surface area contributed by atoms with Gasteiger partial charge >= 0.3 is 0 Å². The van der Waals surface area contributed by atoms with Gasteiger partial charge in [-0.2, -0.15) is 0 Å². The topological polar surface area (TPSA) is 85.1 Å². The van der Waals surface area contributed by atoms with Crippen LogP contribution in [0.2, 0.25) is 0 Å². The summed E-state index contributed by atoms with van der Waals surface area (Å²) in [5, 5.41) is 15.3. The quantitative estimate of drug-likeness (QED) is 0.383. The van der Waals surface area contributed by atoms with Crippen LogP contribution in [0.15, 0.2) is 48.5 Å². The minimum absolute atomic E-state index is 0.108. The molecule has 1 aromatic heterocycles. The number of benzene rings is 2. The number of hydrogen-bond donors (Lipinski definition) is 1. The molecule has 1 heterocycles. The summed E-state index contributed by atoms with van der Waals surface area (Å²) in [6, 6.07) is 14.3. The second-order valence-corrected chi connectivity index (χ2v) is 6.88. The van der Waals surface area contributed by atoms with Crippen LogP contribution in [-0.4, -0.2) is 15.7 Å². The van der Waals surface area contributed by atoms with Crippen LogP contribution in [0.5, 0.6) is 0 Å². The zero-order chi connectivity index (χ0) is 18.7. The van der Waals surface area contributed by atoms with Crippen LogP contribution in [0.25, 0.3) is 10.6 Å². The number of aryl methyl sites for hydroxylation is 1. The first-order chi connectivity index (χ1) is 12.5. The Balaban J connectivity index is 1.82. The van der Waals surface area contributed by atoms with Crippen LogP contribution < -0.4 is 5.32 Å². The molecule has 132 valence electrons. The van der Waals surface area contributed by atoms with E-state index in [1.807, 2.05) is 37.3 Å². The number of nitrogens with one attached hydrogen (secondary N) is 1. The molecular formula is C19H17N3O3S. The zero-order valence-electron chi connectivity index (χ0n) is 14.4. The maximum Gasteiger partial charge on any atom is 0.293 e. The summed E-state index contributed by atoms with van der Waals surface area (Å²) in [7, 11) is 0. The van der Waals surface area contributed by atoms with Gasteiger partial charge in [0.1, 0.15) is 10.7 Å². The van der Waals surface area contributed by atoms with Crippen LogP contribution in [0.1, 0.15) is 27.9 Å². The van der Waals surface area contributed by atoms with Crippen molar-refractivity contribution in [3.8, 4) is 10.6 Å². The molecule has 0 saturated carbocycles. The summed E-state index contributed by atoms with van der Waals surface area (Å²) in [6.07, 6.45) is 0. The summed E-state index contributed by atoms with van der Waals surface area (Å²) in [4.78, 5) is 27.9. The monoisotopic (exact) mass is 367 g/mol. The number of hydrogen-bond acceptors (Lipinski definition) is 6. The molecule has 0 spiro atoms. The molecular weight excluding hydrogens is 350 g/mol. The molecule has 3 rings (SSSR count). The number of carbonyl (C=O) groups excluding carboxylic acids is 1. The lowest BCUT2D eigenvalue weighted by Gasteiger charge is -2.07. The molecule has 0 atom stereocenters. The highest BCUT2D eigenvalue weighted by molar-refractivity contribution is 7.15. The van der Waals surface area contributed by atoms with Crippen molar-refractivity contribution in [3.63, 3.8) is 0 Å². The van der Waals surface area contributed by atoms with Gasteiger partial charge in [0.25, 0.3) is 5.69 Å². The van der Waals surface area contributed by atoms with Crippen molar-refractivity contribution in [1.29, 1.82) is 0 Å². The van der Waals surface area contributed by atoms with E-state index in [2.05, 4.69) is 10.3 Å². The van der Waals surface area contributed by atoms with E-state index in [0.717, 1.165) is 21.1 Å². The first-order valence-corrected chi connectivity index (χ1v) is 8.82. The summed E-state index contributed by atoms with van der Waals surface area (Å²) in [6.45, 7) is 3.74. The largest absolute Gasteiger partial charge is 0.375 e. The van der Waals surface area contributed by atoms with Crippen molar-refractivity contribution < 1.29 is 9.72 Å². The average Bonchev–Trinajstić information content (AvgIpc) is 3.01. The smallest absolute Gasteiger partial charge is 0.293 e. The summed E-state index contributed by atoms with van der Waals surface area (Å²) < 4.78 is 0. The number of aromatic nitrogens is 1. The molecule has 26 heavy (non-hydrogen) atoms. The Bertz CT molecular complexity index is 967. The van der Waals surface area contributed by atoms with Gasteiger partial charge in [0.15, 0.2) is 5.78 Å². The van der Waals surface area contributed by atoms with Crippen molar-refractivity contribution in [2.45, 2.75) is 20.4 Å². The molecule has 0 unspecified atom stereocenters.